The lowest BCUT2D eigenvalue weighted by Crippen LogP contribution is -2.48. The van der Waals surface area contributed by atoms with Gasteiger partial charge < -0.3 is 9.80 Å². The molecule has 2 aliphatic heterocycles. The van der Waals surface area contributed by atoms with Gasteiger partial charge in [0.25, 0.3) is 5.91 Å². The highest BCUT2D eigenvalue weighted by Crippen LogP contribution is 2.28. The van der Waals surface area contributed by atoms with E-state index in [4.69, 9.17) is 0 Å². The lowest BCUT2D eigenvalue weighted by atomic mass is 10.1. The second kappa shape index (κ2) is 8.05. The Morgan fingerprint density at radius 3 is 2.37 bits per heavy atom. The highest BCUT2D eigenvalue weighted by molar-refractivity contribution is 6.07. The van der Waals surface area contributed by atoms with Crippen LogP contribution >= 0.6 is 0 Å². The van der Waals surface area contributed by atoms with Crippen molar-refractivity contribution >= 4 is 22.5 Å². The standard InChI is InChI=1S/C21H27N5O/c1-2-10-24-13-15-26(16-14-24)21(27)19-17-8-4-5-9-18(17)20(23-22-19)25-11-6-3-7-12-25/h2,4-5,8-9H,1,3,6-7,10-16H2. The monoisotopic (exact) mass is 365 g/mol. The van der Waals surface area contributed by atoms with E-state index in [0.29, 0.717) is 5.69 Å². The van der Waals surface area contributed by atoms with Crippen molar-refractivity contribution in [1.82, 2.24) is 20.0 Å². The first-order chi connectivity index (χ1) is 13.3. The van der Waals surface area contributed by atoms with E-state index in [1.165, 1.54) is 19.3 Å². The third-order valence-corrected chi connectivity index (χ3v) is 5.57. The number of rotatable bonds is 4. The lowest BCUT2D eigenvalue weighted by molar-refractivity contribution is 0.0645. The predicted molar refractivity (Wildman–Crippen MR) is 108 cm³/mol. The molecule has 0 unspecified atom stereocenters. The lowest BCUT2D eigenvalue weighted by Gasteiger charge is -2.34. The summed E-state index contributed by atoms with van der Waals surface area (Å²) in [5.41, 5.74) is 0.475. The van der Waals surface area contributed by atoms with Crippen LogP contribution in [-0.4, -0.2) is 71.7 Å². The fourth-order valence-electron chi connectivity index (χ4n) is 4.05. The largest absolute Gasteiger partial charge is 0.355 e. The van der Waals surface area contributed by atoms with Crippen LogP contribution in [0.5, 0.6) is 0 Å². The van der Waals surface area contributed by atoms with Gasteiger partial charge in [-0.3, -0.25) is 9.69 Å². The number of fused-ring (bicyclic) bond motifs is 1. The number of amides is 1. The normalized spacial score (nSPS) is 18.7. The molecule has 1 aromatic carbocycles. The van der Waals surface area contributed by atoms with E-state index in [0.717, 1.165) is 62.4 Å². The van der Waals surface area contributed by atoms with Crippen molar-refractivity contribution in [3.8, 4) is 0 Å². The first kappa shape index (κ1) is 17.9. The minimum Gasteiger partial charge on any atom is -0.355 e. The summed E-state index contributed by atoms with van der Waals surface area (Å²) in [6.45, 7) is 9.86. The van der Waals surface area contributed by atoms with Crippen LogP contribution in [0.4, 0.5) is 5.82 Å². The zero-order valence-corrected chi connectivity index (χ0v) is 15.8. The van der Waals surface area contributed by atoms with Crippen LogP contribution < -0.4 is 4.90 Å². The van der Waals surface area contributed by atoms with Crippen molar-refractivity contribution in [1.29, 1.82) is 0 Å². The zero-order valence-electron chi connectivity index (χ0n) is 15.8. The molecule has 0 aliphatic carbocycles. The average Bonchev–Trinajstić information content (AvgIpc) is 2.74. The number of carbonyl (C=O) groups excluding carboxylic acids is 1. The summed E-state index contributed by atoms with van der Waals surface area (Å²) in [7, 11) is 0. The molecule has 3 heterocycles. The molecule has 2 fully saturated rings. The molecule has 6 nitrogen and oxygen atoms in total. The molecule has 4 rings (SSSR count). The van der Waals surface area contributed by atoms with Crippen molar-refractivity contribution < 1.29 is 4.79 Å². The molecule has 0 radical (unpaired) electrons. The fraction of sp³-hybridized carbons (Fsp3) is 0.476. The molecule has 2 aliphatic rings. The van der Waals surface area contributed by atoms with Crippen molar-refractivity contribution in [2.45, 2.75) is 19.3 Å². The van der Waals surface area contributed by atoms with Gasteiger partial charge >= 0.3 is 0 Å². The minimum absolute atomic E-state index is 0.0119. The smallest absolute Gasteiger partial charge is 0.275 e. The van der Waals surface area contributed by atoms with E-state index in [-0.39, 0.29) is 5.91 Å². The molecule has 0 spiro atoms. The molecular formula is C21H27N5O. The first-order valence-corrected chi connectivity index (χ1v) is 9.91. The summed E-state index contributed by atoms with van der Waals surface area (Å²) >= 11 is 0. The Morgan fingerprint density at radius 2 is 1.67 bits per heavy atom. The molecule has 2 saturated heterocycles. The second-order valence-electron chi connectivity index (χ2n) is 7.35. The van der Waals surface area contributed by atoms with Crippen LogP contribution in [0.25, 0.3) is 10.8 Å². The third-order valence-electron chi connectivity index (χ3n) is 5.57. The summed E-state index contributed by atoms with van der Waals surface area (Å²) < 4.78 is 0. The number of nitrogens with zero attached hydrogens (tertiary/aromatic N) is 5. The van der Waals surface area contributed by atoms with E-state index in [1.807, 2.05) is 29.2 Å². The third kappa shape index (κ3) is 3.67. The SMILES string of the molecule is C=CCN1CCN(C(=O)c2nnc(N3CCCCC3)c3ccccc23)CC1. The topological polar surface area (TPSA) is 52.6 Å². The van der Waals surface area contributed by atoms with Gasteiger partial charge in [-0.05, 0) is 19.3 Å². The van der Waals surface area contributed by atoms with Gasteiger partial charge in [0.05, 0.1) is 0 Å². The molecule has 0 saturated carbocycles. The van der Waals surface area contributed by atoms with Gasteiger partial charge in [-0.25, -0.2) is 0 Å². The van der Waals surface area contributed by atoms with Crippen LogP contribution in [0.3, 0.4) is 0 Å². The maximum absolute atomic E-state index is 13.1. The molecule has 6 heteroatoms. The number of carbonyl (C=O) groups is 1. The maximum atomic E-state index is 13.1. The molecule has 1 amide bonds. The minimum atomic E-state index is -0.0119. The van der Waals surface area contributed by atoms with E-state index in [2.05, 4.69) is 32.6 Å². The van der Waals surface area contributed by atoms with E-state index >= 15 is 0 Å². The number of aromatic nitrogens is 2. The van der Waals surface area contributed by atoms with Crippen LogP contribution in [0.15, 0.2) is 36.9 Å². The van der Waals surface area contributed by atoms with Crippen molar-refractivity contribution in [2.75, 3.05) is 50.7 Å². The molecule has 0 bridgehead atoms. The molecule has 1 aromatic heterocycles. The Balaban J connectivity index is 1.61. The predicted octanol–water partition coefficient (Wildman–Crippen LogP) is 2.56. The number of hydrogen-bond acceptors (Lipinski definition) is 5. The zero-order chi connectivity index (χ0) is 18.6. The highest BCUT2D eigenvalue weighted by atomic mass is 16.2. The Hall–Kier alpha value is -2.47. The summed E-state index contributed by atoms with van der Waals surface area (Å²) in [6, 6.07) is 8.05. The van der Waals surface area contributed by atoms with Crippen LogP contribution in [0, 0.1) is 0 Å². The van der Waals surface area contributed by atoms with E-state index in [9.17, 15) is 4.79 Å². The average molecular weight is 365 g/mol. The number of hydrogen-bond donors (Lipinski definition) is 0. The Kier molecular flexibility index (Phi) is 5.34. The van der Waals surface area contributed by atoms with Gasteiger partial charge in [0.15, 0.2) is 11.5 Å². The first-order valence-electron chi connectivity index (χ1n) is 9.91. The van der Waals surface area contributed by atoms with E-state index < -0.39 is 0 Å². The van der Waals surface area contributed by atoms with Gasteiger partial charge in [0.2, 0.25) is 0 Å². The second-order valence-corrected chi connectivity index (χ2v) is 7.35. The molecule has 142 valence electrons. The van der Waals surface area contributed by atoms with Gasteiger partial charge in [-0.2, -0.15) is 0 Å². The summed E-state index contributed by atoms with van der Waals surface area (Å²) in [6.07, 6.45) is 5.56. The molecule has 27 heavy (non-hydrogen) atoms. The van der Waals surface area contributed by atoms with Crippen molar-refractivity contribution in [3.05, 3.63) is 42.6 Å². The summed E-state index contributed by atoms with van der Waals surface area (Å²) in [4.78, 5) is 19.6. The summed E-state index contributed by atoms with van der Waals surface area (Å²) in [5, 5.41) is 10.8. The van der Waals surface area contributed by atoms with Gasteiger partial charge in [0.1, 0.15) is 0 Å². The van der Waals surface area contributed by atoms with Gasteiger partial charge in [-0.1, -0.05) is 30.3 Å². The quantitative estimate of drug-likeness (QED) is 0.780. The molecule has 2 aromatic rings. The van der Waals surface area contributed by atoms with E-state index in [1.54, 1.807) is 0 Å². The van der Waals surface area contributed by atoms with Gasteiger partial charge in [-0.15, -0.1) is 16.8 Å². The van der Waals surface area contributed by atoms with Gasteiger partial charge in [0, 0.05) is 56.6 Å². The van der Waals surface area contributed by atoms with Crippen LogP contribution in [0.1, 0.15) is 29.8 Å². The van der Waals surface area contributed by atoms with Crippen LogP contribution in [0.2, 0.25) is 0 Å². The summed E-state index contributed by atoms with van der Waals surface area (Å²) in [5.74, 6) is 0.903. The van der Waals surface area contributed by atoms with Crippen molar-refractivity contribution in [2.24, 2.45) is 0 Å². The molecule has 0 atom stereocenters. The Morgan fingerprint density at radius 1 is 0.963 bits per heavy atom. The van der Waals surface area contributed by atoms with Crippen LogP contribution in [-0.2, 0) is 0 Å². The van der Waals surface area contributed by atoms with Crippen molar-refractivity contribution in [3.63, 3.8) is 0 Å². The highest BCUT2D eigenvalue weighted by Gasteiger charge is 2.26. The Bertz CT molecular complexity index is 822. The fourth-order valence-corrected chi connectivity index (χ4v) is 4.05. The molecule has 0 N–H and O–H groups in total. The maximum Gasteiger partial charge on any atom is 0.275 e. The number of piperazine rings is 1. The molecular weight excluding hydrogens is 338 g/mol. The number of benzene rings is 1. The Labute approximate surface area is 160 Å². The number of piperidine rings is 1. The number of anilines is 1.